The van der Waals surface area contributed by atoms with Crippen LogP contribution >= 0.6 is 12.2 Å². The summed E-state index contributed by atoms with van der Waals surface area (Å²) in [5, 5.41) is 2.84. The molecule has 1 fully saturated rings. The van der Waals surface area contributed by atoms with Gasteiger partial charge in [-0.15, -0.1) is 0 Å². The van der Waals surface area contributed by atoms with Crippen LogP contribution in [0.1, 0.15) is 18.5 Å². The number of hydrogen-bond acceptors (Lipinski definition) is 4. The smallest absolute Gasteiger partial charge is 0.233 e. The Morgan fingerprint density at radius 2 is 2.33 bits per heavy atom. The van der Waals surface area contributed by atoms with Crippen LogP contribution in [0.2, 0.25) is 0 Å². The second-order valence-corrected chi connectivity index (χ2v) is 4.76. The van der Waals surface area contributed by atoms with Crippen LogP contribution in [0.5, 0.6) is 0 Å². The average Bonchev–Trinajstić information content (AvgIpc) is 2.89. The Morgan fingerprint density at radius 1 is 1.61 bits per heavy atom. The van der Waals surface area contributed by atoms with Crippen LogP contribution in [0, 0.1) is 5.41 Å². The number of hydrogen-bond donors (Lipinski definition) is 3. The maximum absolute atomic E-state index is 12.3. The number of nitrogens with zero attached hydrogens (tertiary/aromatic N) is 1. The van der Waals surface area contributed by atoms with Gasteiger partial charge in [0.1, 0.15) is 5.41 Å². The van der Waals surface area contributed by atoms with Gasteiger partial charge >= 0.3 is 0 Å². The zero-order valence-electron chi connectivity index (χ0n) is 9.94. The highest BCUT2D eigenvalue weighted by Gasteiger charge is 2.42. The van der Waals surface area contributed by atoms with Crippen molar-refractivity contribution in [1.82, 2.24) is 15.3 Å². The number of H-pyrrole nitrogens is 1. The molecule has 4 N–H and O–H groups in total. The van der Waals surface area contributed by atoms with Crippen molar-refractivity contribution in [3.05, 3.63) is 18.2 Å². The Bertz CT molecular complexity index is 426. The SMILES string of the molecule is NC(=S)C1(C(=O)NCc2cnc[nH]2)CCOCC1. The molecule has 6 nitrogen and oxygen atoms in total. The summed E-state index contributed by atoms with van der Waals surface area (Å²) >= 11 is 5.06. The summed E-state index contributed by atoms with van der Waals surface area (Å²) in [7, 11) is 0. The molecule has 1 aliphatic rings. The highest BCUT2D eigenvalue weighted by molar-refractivity contribution is 7.80. The molecule has 18 heavy (non-hydrogen) atoms. The lowest BCUT2D eigenvalue weighted by Crippen LogP contribution is -2.51. The minimum absolute atomic E-state index is 0.132. The molecule has 1 amide bonds. The molecule has 0 radical (unpaired) electrons. The van der Waals surface area contributed by atoms with Gasteiger partial charge in [0.2, 0.25) is 5.91 Å². The molecule has 1 aromatic heterocycles. The second kappa shape index (κ2) is 5.45. The summed E-state index contributed by atoms with van der Waals surface area (Å²) in [4.78, 5) is 19.3. The van der Waals surface area contributed by atoms with Crippen LogP contribution < -0.4 is 11.1 Å². The van der Waals surface area contributed by atoms with Gasteiger partial charge in [0.05, 0.1) is 23.6 Å². The van der Waals surface area contributed by atoms with Crippen LogP contribution in [0.4, 0.5) is 0 Å². The van der Waals surface area contributed by atoms with Crippen molar-refractivity contribution in [3.8, 4) is 0 Å². The summed E-state index contributed by atoms with van der Waals surface area (Å²) in [6, 6.07) is 0. The van der Waals surface area contributed by atoms with Gasteiger partial charge in [0, 0.05) is 19.4 Å². The molecule has 2 rings (SSSR count). The van der Waals surface area contributed by atoms with Crippen LogP contribution in [-0.2, 0) is 16.1 Å². The molecule has 1 aromatic rings. The van der Waals surface area contributed by atoms with Gasteiger partial charge in [0.25, 0.3) is 0 Å². The van der Waals surface area contributed by atoms with E-state index in [1.54, 1.807) is 12.5 Å². The minimum atomic E-state index is -0.770. The maximum Gasteiger partial charge on any atom is 0.233 e. The molecule has 2 heterocycles. The molecule has 98 valence electrons. The van der Waals surface area contributed by atoms with E-state index in [0.29, 0.717) is 32.6 Å². The molecule has 0 saturated carbocycles. The van der Waals surface area contributed by atoms with Gasteiger partial charge in [-0.2, -0.15) is 0 Å². The largest absolute Gasteiger partial charge is 0.392 e. The molecule has 0 aliphatic carbocycles. The predicted molar refractivity (Wildman–Crippen MR) is 69.7 cm³/mol. The highest BCUT2D eigenvalue weighted by Crippen LogP contribution is 2.31. The van der Waals surface area contributed by atoms with Crippen LogP contribution in [0.15, 0.2) is 12.5 Å². The van der Waals surface area contributed by atoms with E-state index in [1.807, 2.05) is 0 Å². The molecule has 7 heteroatoms. The van der Waals surface area contributed by atoms with Crippen molar-refractivity contribution in [2.45, 2.75) is 19.4 Å². The summed E-state index contributed by atoms with van der Waals surface area (Å²) in [5.74, 6) is -0.132. The van der Waals surface area contributed by atoms with Crippen molar-refractivity contribution >= 4 is 23.1 Å². The van der Waals surface area contributed by atoms with Crippen molar-refractivity contribution in [2.75, 3.05) is 13.2 Å². The number of imidazole rings is 1. The third kappa shape index (κ3) is 2.51. The molecule has 0 bridgehead atoms. The first-order valence-electron chi connectivity index (χ1n) is 5.78. The number of carbonyl (C=O) groups is 1. The normalized spacial score (nSPS) is 18.2. The van der Waals surface area contributed by atoms with Gasteiger partial charge < -0.3 is 20.8 Å². The van der Waals surface area contributed by atoms with E-state index in [-0.39, 0.29) is 10.9 Å². The van der Waals surface area contributed by atoms with Crippen LogP contribution in [-0.4, -0.2) is 34.1 Å². The monoisotopic (exact) mass is 268 g/mol. The lowest BCUT2D eigenvalue weighted by Gasteiger charge is -2.34. The number of carbonyl (C=O) groups excluding carboxylic acids is 1. The molecule has 0 aromatic carbocycles. The molecule has 1 saturated heterocycles. The van der Waals surface area contributed by atoms with E-state index in [2.05, 4.69) is 15.3 Å². The summed E-state index contributed by atoms with van der Waals surface area (Å²) in [6.07, 6.45) is 4.31. The van der Waals surface area contributed by atoms with Crippen molar-refractivity contribution in [1.29, 1.82) is 0 Å². The lowest BCUT2D eigenvalue weighted by molar-refractivity contribution is -0.131. The summed E-state index contributed by atoms with van der Waals surface area (Å²) in [6.45, 7) is 1.41. The summed E-state index contributed by atoms with van der Waals surface area (Å²) < 4.78 is 5.26. The number of amides is 1. The van der Waals surface area contributed by atoms with Crippen molar-refractivity contribution in [3.63, 3.8) is 0 Å². The average molecular weight is 268 g/mol. The zero-order chi connectivity index (χ0) is 13.0. The molecule has 1 aliphatic heterocycles. The van der Waals surface area contributed by atoms with E-state index in [0.717, 1.165) is 5.69 Å². The maximum atomic E-state index is 12.3. The Kier molecular flexibility index (Phi) is 3.93. The van der Waals surface area contributed by atoms with Crippen LogP contribution in [0.25, 0.3) is 0 Å². The van der Waals surface area contributed by atoms with E-state index in [9.17, 15) is 4.79 Å². The lowest BCUT2D eigenvalue weighted by atomic mass is 9.79. The quantitative estimate of drug-likeness (QED) is 0.674. The fourth-order valence-electron chi connectivity index (χ4n) is 2.03. The predicted octanol–water partition coefficient (Wildman–Crippen LogP) is 0.109. The first kappa shape index (κ1) is 13.0. The van der Waals surface area contributed by atoms with Gasteiger partial charge in [-0.1, -0.05) is 12.2 Å². The molecule has 0 spiro atoms. The number of aromatic amines is 1. The van der Waals surface area contributed by atoms with E-state index >= 15 is 0 Å². The number of nitrogens with two attached hydrogens (primary N) is 1. The first-order chi connectivity index (χ1) is 8.65. The fourth-order valence-corrected chi connectivity index (χ4v) is 2.33. The number of aromatic nitrogens is 2. The van der Waals surface area contributed by atoms with Crippen LogP contribution in [0.3, 0.4) is 0 Å². The Hall–Kier alpha value is -1.47. The van der Waals surface area contributed by atoms with Gasteiger partial charge in [0.15, 0.2) is 0 Å². The van der Waals surface area contributed by atoms with E-state index in [4.69, 9.17) is 22.7 Å². The second-order valence-electron chi connectivity index (χ2n) is 4.32. The standard InChI is InChI=1S/C11H16N4O2S/c12-9(18)11(1-3-17-4-2-11)10(16)14-6-8-5-13-7-15-8/h5,7H,1-4,6H2,(H2,12,18)(H,13,15)(H,14,16). The Morgan fingerprint density at radius 3 is 2.89 bits per heavy atom. The molecular formula is C11H16N4O2S. The topological polar surface area (TPSA) is 93.0 Å². The zero-order valence-corrected chi connectivity index (χ0v) is 10.8. The minimum Gasteiger partial charge on any atom is -0.392 e. The van der Waals surface area contributed by atoms with E-state index in [1.165, 1.54) is 0 Å². The van der Waals surface area contributed by atoms with Gasteiger partial charge in [-0.3, -0.25) is 4.79 Å². The molecule has 0 atom stereocenters. The summed E-state index contributed by atoms with van der Waals surface area (Å²) in [5.41, 5.74) is 5.82. The highest BCUT2D eigenvalue weighted by atomic mass is 32.1. The Labute approximate surface area is 110 Å². The number of ether oxygens (including phenoxy) is 1. The van der Waals surface area contributed by atoms with Crippen molar-refractivity contribution < 1.29 is 9.53 Å². The number of rotatable bonds is 4. The third-order valence-corrected chi connectivity index (χ3v) is 3.64. The molecule has 0 unspecified atom stereocenters. The number of thiocarbonyl (C=S) groups is 1. The third-order valence-electron chi connectivity index (χ3n) is 3.25. The fraction of sp³-hybridized carbons (Fsp3) is 0.545. The van der Waals surface area contributed by atoms with Gasteiger partial charge in [-0.05, 0) is 12.8 Å². The number of nitrogens with one attached hydrogen (secondary N) is 2. The Balaban J connectivity index is 2.02. The van der Waals surface area contributed by atoms with E-state index < -0.39 is 5.41 Å². The van der Waals surface area contributed by atoms with Crippen molar-refractivity contribution in [2.24, 2.45) is 11.1 Å². The van der Waals surface area contributed by atoms with Gasteiger partial charge in [-0.25, -0.2) is 4.98 Å². The molecular weight excluding hydrogens is 252 g/mol. The first-order valence-corrected chi connectivity index (χ1v) is 6.19.